The van der Waals surface area contributed by atoms with Crippen LogP contribution in [-0.4, -0.2) is 26.2 Å². The number of rotatable bonds is 7. The van der Waals surface area contributed by atoms with Crippen molar-refractivity contribution in [2.75, 3.05) is 24.3 Å². The van der Waals surface area contributed by atoms with Gasteiger partial charge < -0.3 is 20.1 Å². The van der Waals surface area contributed by atoms with Crippen molar-refractivity contribution in [1.82, 2.24) is 0 Å². The van der Waals surface area contributed by atoms with Crippen LogP contribution in [0.3, 0.4) is 0 Å². The van der Waals surface area contributed by atoms with E-state index in [0.717, 1.165) is 0 Å². The number of hydrogen-bond acceptors (Lipinski definition) is 4. The van der Waals surface area contributed by atoms with E-state index in [9.17, 15) is 18.0 Å². The summed E-state index contributed by atoms with van der Waals surface area (Å²) in [7, 11) is 1.32. The molecule has 1 amide bonds. The highest BCUT2D eigenvalue weighted by Gasteiger charge is 2.12. The van der Waals surface area contributed by atoms with E-state index in [1.807, 2.05) is 0 Å². The van der Waals surface area contributed by atoms with Gasteiger partial charge in [-0.25, -0.2) is 4.39 Å². The second-order valence-corrected chi connectivity index (χ2v) is 5.69. The lowest BCUT2D eigenvalue weighted by molar-refractivity contribution is -0.114. The lowest BCUT2D eigenvalue weighted by Crippen LogP contribution is -2.22. The van der Waals surface area contributed by atoms with Crippen LogP contribution in [0.2, 0.25) is 0 Å². The standard InChI is InChI=1S/C16H14BrF3N2O3/c1-24-13-5-3-10(7-14(13)25-16(19)20)21-8-15(23)22-12-4-2-9(17)6-11(12)18/h2-7,16,21H,8H2,1H3,(H,22,23). The van der Waals surface area contributed by atoms with E-state index in [-0.39, 0.29) is 23.7 Å². The van der Waals surface area contributed by atoms with Crippen LogP contribution < -0.4 is 20.1 Å². The molecule has 0 unspecified atom stereocenters. The van der Waals surface area contributed by atoms with Crippen LogP contribution in [0.25, 0.3) is 0 Å². The topological polar surface area (TPSA) is 59.6 Å². The van der Waals surface area contributed by atoms with Crippen LogP contribution >= 0.6 is 15.9 Å². The molecule has 0 aliphatic heterocycles. The summed E-state index contributed by atoms with van der Waals surface area (Å²) in [6, 6.07) is 8.46. The molecule has 0 saturated carbocycles. The van der Waals surface area contributed by atoms with Crippen molar-refractivity contribution in [2.45, 2.75) is 6.61 Å². The number of nitrogens with one attached hydrogen (secondary N) is 2. The van der Waals surface area contributed by atoms with Gasteiger partial charge >= 0.3 is 6.61 Å². The average Bonchev–Trinajstić information content (AvgIpc) is 2.55. The Morgan fingerprint density at radius 3 is 2.60 bits per heavy atom. The fourth-order valence-corrected chi connectivity index (χ4v) is 2.28. The van der Waals surface area contributed by atoms with Gasteiger partial charge in [0, 0.05) is 16.2 Å². The zero-order valence-corrected chi connectivity index (χ0v) is 14.6. The van der Waals surface area contributed by atoms with Crippen molar-refractivity contribution in [1.29, 1.82) is 0 Å². The minimum atomic E-state index is -3.01. The number of carbonyl (C=O) groups excluding carboxylic acids is 1. The van der Waals surface area contributed by atoms with E-state index in [4.69, 9.17) is 4.74 Å². The van der Waals surface area contributed by atoms with E-state index in [1.54, 1.807) is 6.07 Å². The van der Waals surface area contributed by atoms with Crippen LogP contribution in [0.4, 0.5) is 24.5 Å². The third kappa shape index (κ3) is 5.56. The summed E-state index contributed by atoms with van der Waals surface area (Å²) in [4.78, 5) is 11.9. The van der Waals surface area contributed by atoms with Crippen LogP contribution in [0, 0.1) is 5.82 Å². The second-order valence-electron chi connectivity index (χ2n) is 4.77. The van der Waals surface area contributed by atoms with Gasteiger partial charge in [0.2, 0.25) is 5.91 Å². The van der Waals surface area contributed by atoms with Gasteiger partial charge in [-0.1, -0.05) is 15.9 Å². The summed E-state index contributed by atoms with van der Waals surface area (Å²) in [5, 5.41) is 5.14. The molecule has 25 heavy (non-hydrogen) atoms. The van der Waals surface area contributed by atoms with Gasteiger partial charge in [0.05, 0.1) is 19.3 Å². The molecule has 0 aliphatic rings. The van der Waals surface area contributed by atoms with Crippen LogP contribution in [0.1, 0.15) is 0 Å². The van der Waals surface area contributed by atoms with Gasteiger partial charge in [0.15, 0.2) is 11.5 Å². The Kier molecular flexibility index (Phi) is 6.51. The van der Waals surface area contributed by atoms with Crippen molar-refractivity contribution < 1.29 is 27.4 Å². The Bertz CT molecular complexity index is 759. The molecule has 0 fully saturated rings. The SMILES string of the molecule is COc1ccc(NCC(=O)Nc2ccc(Br)cc2F)cc1OC(F)F. The van der Waals surface area contributed by atoms with Crippen molar-refractivity contribution in [3.05, 3.63) is 46.7 Å². The summed E-state index contributed by atoms with van der Waals surface area (Å²) >= 11 is 3.12. The Balaban J connectivity index is 1.99. The third-order valence-corrected chi connectivity index (χ3v) is 3.53. The Hall–Kier alpha value is -2.42. The van der Waals surface area contributed by atoms with E-state index in [2.05, 4.69) is 31.3 Å². The second kappa shape index (κ2) is 8.61. The average molecular weight is 419 g/mol. The molecule has 0 heterocycles. The summed E-state index contributed by atoms with van der Waals surface area (Å²) in [5.41, 5.74) is 0.398. The van der Waals surface area contributed by atoms with Crippen molar-refractivity contribution in [3.8, 4) is 11.5 Å². The smallest absolute Gasteiger partial charge is 0.387 e. The van der Waals surface area contributed by atoms with Gasteiger partial charge in [0.1, 0.15) is 5.82 Å². The monoisotopic (exact) mass is 418 g/mol. The molecule has 5 nitrogen and oxygen atoms in total. The normalized spacial score (nSPS) is 10.5. The summed E-state index contributed by atoms with van der Waals surface area (Å²) in [6.07, 6.45) is 0. The Labute approximate surface area is 150 Å². The summed E-state index contributed by atoms with van der Waals surface area (Å²) < 4.78 is 48.3. The molecule has 2 N–H and O–H groups in total. The first-order valence-corrected chi connectivity index (χ1v) is 7.80. The highest BCUT2D eigenvalue weighted by molar-refractivity contribution is 9.10. The first kappa shape index (κ1) is 18.9. The molecular weight excluding hydrogens is 405 g/mol. The Morgan fingerprint density at radius 1 is 1.20 bits per heavy atom. The lowest BCUT2D eigenvalue weighted by Gasteiger charge is -2.13. The highest BCUT2D eigenvalue weighted by atomic mass is 79.9. The molecule has 9 heteroatoms. The summed E-state index contributed by atoms with van der Waals surface area (Å²) in [6.45, 7) is -3.21. The fraction of sp³-hybridized carbons (Fsp3) is 0.188. The molecule has 0 saturated heterocycles. The minimum Gasteiger partial charge on any atom is -0.493 e. The van der Waals surface area contributed by atoms with Crippen molar-refractivity contribution in [2.24, 2.45) is 0 Å². The number of ether oxygens (including phenoxy) is 2. The molecular formula is C16H14BrF3N2O3. The van der Waals surface area contributed by atoms with Gasteiger partial charge in [-0.2, -0.15) is 8.78 Å². The highest BCUT2D eigenvalue weighted by Crippen LogP contribution is 2.31. The molecule has 2 aromatic rings. The third-order valence-electron chi connectivity index (χ3n) is 3.04. The van der Waals surface area contributed by atoms with E-state index < -0.39 is 18.3 Å². The molecule has 0 radical (unpaired) electrons. The molecule has 0 bridgehead atoms. The molecule has 0 aliphatic carbocycles. The van der Waals surface area contributed by atoms with Crippen LogP contribution in [0.15, 0.2) is 40.9 Å². The van der Waals surface area contributed by atoms with Crippen LogP contribution in [0.5, 0.6) is 11.5 Å². The first-order chi connectivity index (χ1) is 11.9. The number of methoxy groups -OCH3 is 1. The van der Waals surface area contributed by atoms with Gasteiger partial charge in [-0.3, -0.25) is 4.79 Å². The number of anilines is 2. The van der Waals surface area contributed by atoms with Crippen molar-refractivity contribution >= 4 is 33.2 Å². The molecule has 2 aromatic carbocycles. The van der Waals surface area contributed by atoms with E-state index in [1.165, 1.54) is 37.4 Å². The number of amides is 1. The largest absolute Gasteiger partial charge is 0.493 e. The molecule has 0 spiro atoms. The fourth-order valence-electron chi connectivity index (χ4n) is 1.94. The van der Waals surface area contributed by atoms with Gasteiger partial charge in [0.25, 0.3) is 0 Å². The molecule has 0 atom stereocenters. The predicted molar refractivity (Wildman–Crippen MR) is 90.8 cm³/mol. The maximum atomic E-state index is 13.7. The minimum absolute atomic E-state index is 0.0338. The van der Waals surface area contributed by atoms with Gasteiger partial charge in [-0.15, -0.1) is 0 Å². The maximum Gasteiger partial charge on any atom is 0.387 e. The quantitative estimate of drug-likeness (QED) is 0.705. The predicted octanol–water partition coefficient (Wildman–Crippen LogP) is 4.25. The van der Waals surface area contributed by atoms with Gasteiger partial charge in [-0.05, 0) is 30.3 Å². The lowest BCUT2D eigenvalue weighted by atomic mass is 10.2. The van der Waals surface area contributed by atoms with E-state index >= 15 is 0 Å². The first-order valence-electron chi connectivity index (χ1n) is 7.00. The van der Waals surface area contributed by atoms with E-state index in [0.29, 0.717) is 10.2 Å². The molecule has 2 rings (SSSR count). The zero-order chi connectivity index (χ0) is 18.4. The van der Waals surface area contributed by atoms with Crippen molar-refractivity contribution in [3.63, 3.8) is 0 Å². The number of hydrogen-bond donors (Lipinski definition) is 2. The number of alkyl halides is 2. The number of benzene rings is 2. The number of halogens is 4. The zero-order valence-electron chi connectivity index (χ0n) is 13.0. The molecule has 134 valence electrons. The maximum absolute atomic E-state index is 13.7. The van der Waals surface area contributed by atoms with Crippen LogP contribution in [-0.2, 0) is 4.79 Å². The summed E-state index contributed by atoms with van der Waals surface area (Å²) in [5.74, 6) is -1.12. The molecule has 0 aromatic heterocycles. The number of carbonyl (C=O) groups is 1. The Morgan fingerprint density at radius 2 is 1.96 bits per heavy atom.